The van der Waals surface area contributed by atoms with Crippen molar-refractivity contribution in [1.82, 2.24) is 5.32 Å². The molecule has 1 aliphatic carbocycles. The van der Waals surface area contributed by atoms with Gasteiger partial charge in [-0.2, -0.15) is 0 Å². The van der Waals surface area contributed by atoms with Crippen molar-refractivity contribution in [3.05, 3.63) is 113 Å². The van der Waals surface area contributed by atoms with Crippen molar-refractivity contribution in [2.75, 3.05) is 0 Å². The number of carbonyl (C=O) groups is 2. The van der Waals surface area contributed by atoms with Crippen molar-refractivity contribution >= 4 is 17.3 Å². The van der Waals surface area contributed by atoms with Gasteiger partial charge < -0.3 is 5.32 Å². The Labute approximate surface area is 152 Å². The molecule has 0 aromatic heterocycles. The van der Waals surface area contributed by atoms with Gasteiger partial charge in [0.1, 0.15) is 0 Å². The lowest BCUT2D eigenvalue weighted by atomic mass is 9.91. The van der Waals surface area contributed by atoms with Crippen LogP contribution in [0.4, 0.5) is 0 Å². The minimum absolute atomic E-state index is 0.127. The first-order valence-electron chi connectivity index (χ1n) is 8.50. The SMILES string of the molecule is O=C1C=C(NC(c2ccccc2)c2ccccc2)c2ccccc2C1=O. The van der Waals surface area contributed by atoms with E-state index in [9.17, 15) is 9.59 Å². The molecule has 3 aromatic rings. The first-order chi connectivity index (χ1) is 12.7. The lowest BCUT2D eigenvalue weighted by molar-refractivity contribution is -0.111. The molecule has 0 fully saturated rings. The van der Waals surface area contributed by atoms with E-state index in [0.717, 1.165) is 16.7 Å². The number of benzene rings is 3. The number of ketones is 2. The zero-order chi connectivity index (χ0) is 17.9. The highest BCUT2D eigenvalue weighted by Gasteiger charge is 2.27. The molecule has 0 saturated heterocycles. The van der Waals surface area contributed by atoms with Crippen LogP contribution in [0, 0.1) is 0 Å². The van der Waals surface area contributed by atoms with E-state index in [0.29, 0.717) is 11.3 Å². The smallest absolute Gasteiger partial charge is 0.233 e. The van der Waals surface area contributed by atoms with Gasteiger partial charge in [0.2, 0.25) is 11.6 Å². The first kappa shape index (κ1) is 16.0. The molecule has 3 nitrogen and oxygen atoms in total. The van der Waals surface area contributed by atoms with E-state index in [4.69, 9.17) is 0 Å². The van der Waals surface area contributed by atoms with Crippen LogP contribution in [-0.2, 0) is 4.79 Å². The third-order valence-corrected chi connectivity index (χ3v) is 4.53. The van der Waals surface area contributed by atoms with Gasteiger partial charge in [0.25, 0.3) is 0 Å². The van der Waals surface area contributed by atoms with Crippen molar-refractivity contribution < 1.29 is 9.59 Å². The zero-order valence-corrected chi connectivity index (χ0v) is 14.1. The van der Waals surface area contributed by atoms with E-state index in [1.54, 1.807) is 12.1 Å². The Morgan fingerprint density at radius 1 is 0.615 bits per heavy atom. The summed E-state index contributed by atoms with van der Waals surface area (Å²) in [4.78, 5) is 24.3. The molecule has 3 aromatic carbocycles. The lowest BCUT2D eigenvalue weighted by Crippen LogP contribution is -2.27. The summed E-state index contributed by atoms with van der Waals surface area (Å²) in [5.41, 5.74) is 4.04. The molecule has 0 unspecified atom stereocenters. The maximum absolute atomic E-state index is 12.2. The molecule has 0 spiro atoms. The van der Waals surface area contributed by atoms with Crippen LogP contribution in [0.25, 0.3) is 5.70 Å². The predicted molar refractivity (Wildman–Crippen MR) is 102 cm³/mol. The molecule has 3 heteroatoms. The molecule has 4 rings (SSSR count). The van der Waals surface area contributed by atoms with Crippen molar-refractivity contribution in [2.24, 2.45) is 0 Å². The van der Waals surface area contributed by atoms with Crippen molar-refractivity contribution in [2.45, 2.75) is 6.04 Å². The molecular formula is C23H17NO2. The number of hydrogen-bond donors (Lipinski definition) is 1. The second-order valence-electron chi connectivity index (χ2n) is 6.20. The third-order valence-electron chi connectivity index (χ3n) is 4.53. The van der Waals surface area contributed by atoms with Crippen molar-refractivity contribution in [1.29, 1.82) is 0 Å². The normalized spacial score (nSPS) is 13.3. The van der Waals surface area contributed by atoms with Crippen LogP contribution in [0.3, 0.4) is 0 Å². The maximum atomic E-state index is 12.2. The molecule has 0 atom stereocenters. The predicted octanol–water partition coefficient (Wildman–Crippen LogP) is 4.17. The molecule has 0 bridgehead atoms. The number of Topliss-reactive ketones (excluding diaryl/α,β-unsaturated/α-hetero) is 1. The van der Waals surface area contributed by atoms with Gasteiger partial charge in [-0.25, -0.2) is 0 Å². The number of allylic oxidation sites excluding steroid dienone is 1. The average molecular weight is 339 g/mol. The highest BCUT2D eigenvalue weighted by Crippen LogP contribution is 2.29. The summed E-state index contributed by atoms with van der Waals surface area (Å²) in [5.74, 6) is -0.951. The molecule has 0 heterocycles. The van der Waals surface area contributed by atoms with Crippen molar-refractivity contribution in [3.63, 3.8) is 0 Å². The fourth-order valence-corrected chi connectivity index (χ4v) is 3.25. The maximum Gasteiger partial charge on any atom is 0.233 e. The van der Waals surface area contributed by atoms with Gasteiger partial charge in [0.05, 0.1) is 6.04 Å². The van der Waals surface area contributed by atoms with Gasteiger partial charge >= 0.3 is 0 Å². The largest absolute Gasteiger partial charge is 0.374 e. The quantitative estimate of drug-likeness (QED) is 0.726. The van der Waals surface area contributed by atoms with Crippen LogP contribution in [0.5, 0.6) is 0 Å². The number of fused-ring (bicyclic) bond motifs is 1. The number of hydrogen-bond acceptors (Lipinski definition) is 3. The Morgan fingerprint density at radius 3 is 1.69 bits per heavy atom. The van der Waals surface area contributed by atoms with Gasteiger partial charge in [-0.15, -0.1) is 0 Å². The average Bonchev–Trinajstić information content (AvgIpc) is 2.71. The molecule has 1 N–H and O–H groups in total. The molecule has 0 radical (unpaired) electrons. The van der Waals surface area contributed by atoms with Crippen LogP contribution in [0.2, 0.25) is 0 Å². The highest BCUT2D eigenvalue weighted by molar-refractivity contribution is 6.50. The second-order valence-corrected chi connectivity index (χ2v) is 6.20. The fraction of sp³-hybridized carbons (Fsp3) is 0.0435. The van der Waals surface area contributed by atoms with Gasteiger partial charge in [-0.1, -0.05) is 84.9 Å². The van der Waals surface area contributed by atoms with E-state index in [1.165, 1.54) is 6.08 Å². The fourth-order valence-electron chi connectivity index (χ4n) is 3.25. The molecule has 0 aliphatic heterocycles. The van der Waals surface area contributed by atoms with Crippen LogP contribution >= 0.6 is 0 Å². The number of carbonyl (C=O) groups excluding carboxylic acids is 2. The Hall–Kier alpha value is -3.46. The van der Waals surface area contributed by atoms with Crippen molar-refractivity contribution in [3.8, 4) is 0 Å². The van der Waals surface area contributed by atoms with Crippen LogP contribution in [0.15, 0.2) is 91.0 Å². The van der Waals surface area contributed by atoms with Gasteiger partial charge in [-0.05, 0) is 11.1 Å². The van der Waals surface area contributed by atoms with Gasteiger partial charge in [-0.3, -0.25) is 9.59 Å². The Balaban J connectivity index is 1.78. The Kier molecular flexibility index (Phi) is 4.20. The van der Waals surface area contributed by atoms with E-state index >= 15 is 0 Å². The summed E-state index contributed by atoms with van der Waals surface area (Å²) < 4.78 is 0. The summed E-state index contributed by atoms with van der Waals surface area (Å²) >= 11 is 0. The summed E-state index contributed by atoms with van der Waals surface area (Å²) in [6.45, 7) is 0. The van der Waals surface area contributed by atoms with Crippen LogP contribution in [0.1, 0.15) is 33.1 Å². The second kappa shape index (κ2) is 6.81. The molecule has 0 amide bonds. The lowest BCUT2D eigenvalue weighted by Gasteiger charge is -2.25. The summed E-state index contributed by atoms with van der Waals surface area (Å²) in [6.07, 6.45) is 1.41. The minimum atomic E-state index is -0.494. The number of nitrogens with one attached hydrogen (secondary N) is 1. The van der Waals surface area contributed by atoms with Crippen LogP contribution in [-0.4, -0.2) is 11.6 Å². The van der Waals surface area contributed by atoms with E-state index in [1.807, 2.05) is 72.8 Å². The number of rotatable bonds is 4. The monoisotopic (exact) mass is 339 g/mol. The van der Waals surface area contributed by atoms with Gasteiger partial charge in [0.15, 0.2) is 0 Å². The third kappa shape index (κ3) is 2.95. The van der Waals surface area contributed by atoms with Crippen LogP contribution < -0.4 is 5.32 Å². The van der Waals surface area contributed by atoms with E-state index < -0.39 is 11.6 Å². The Bertz CT molecular complexity index is 951. The molecule has 126 valence electrons. The summed E-state index contributed by atoms with van der Waals surface area (Å²) in [7, 11) is 0. The van der Waals surface area contributed by atoms with Gasteiger partial charge in [0, 0.05) is 22.9 Å². The van der Waals surface area contributed by atoms with E-state index in [-0.39, 0.29) is 6.04 Å². The molecular weight excluding hydrogens is 322 g/mol. The van der Waals surface area contributed by atoms with E-state index in [2.05, 4.69) is 5.32 Å². The summed E-state index contributed by atoms with van der Waals surface area (Å²) in [5, 5.41) is 3.48. The molecule has 0 saturated carbocycles. The molecule has 1 aliphatic rings. The standard InChI is InChI=1S/C23H17NO2/c25-21-15-20(18-13-7-8-14-19(18)23(21)26)24-22(16-9-3-1-4-10-16)17-11-5-2-6-12-17/h1-15,22,24H. The Morgan fingerprint density at radius 2 is 1.12 bits per heavy atom. The first-order valence-corrected chi connectivity index (χ1v) is 8.50. The minimum Gasteiger partial charge on any atom is -0.374 e. The summed E-state index contributed by atoms with van der Waals surface area (Å²) in [6, 6.07) is 27.2. The zero-order valence-electron chi connectivity index (χ0n) is 14.1. The highest BCUT2D eigenvalue weighted by atomic mass is 16.2. The molecule has 26 heavy (non-hydrogen) atoms. The topological polar surface area (TPSA) is 46.2 Å².